The predicted octanol–water partition coefficient (Wildman–Crippen LogP) is 22.4. The van der Waals surface area contributed by atoms with Gasteiger partial charge in [0.25, 0.3) is 11.8 Å². The highest BCUT2D eigenvalue weighted by molar-refractivity contribution is 6.63. The Balaban J connectivity index is 1.26. The van der Waals surface area contributed by atoms with Crippen molar-refractivity contribution in [3.05, 3.63) is 47.5 Å². The summed E-state index contributed by atoms with van der Waals surface area (Å²) in [6, 6.07) is 12.6. The first-order valence-electron chi connectivity index (χ1n) is 38.8. The molecule has 0 aliphatic carbocycles. The summed E-state index contributed by atoms with van der Waals surface area (Å²) in [5.74, 6) is 1.15. The zero-order chi connectivity index (χ0) is 64.8. The van der Waals surface area contributed by atoms with Crippen LogP contribution in [-0.4, -0.2) is 61.5 Å². The van der Waals surface area contributed by atoms with E-state index >= 15 is 9.59 Å². The van der Waals surface area contributed by atoms with Crippen LogP contribution in [0.15, 0.2) is 36.4 Å². The molecule has 2 atom stereocenters. The summed E-state index contributed by atoms with van der Waals surface area (Å²) in [7, 11) is -1.15. The molecule has 2 unspecified atom stereocenters. The molecule has 2 saturated heterocycles. The third-order valence-electron chi connectivity index (χ3n) is 22.2. The van der Waals surface area contributed by atoms with E-state index in [1.54, 1.807) is 0 Å². The molecule has 90 heavy (non-hydrogen) atoms. The Morgan fingerprint density at radius 2 is 0.544 bits per heavy atom. The number of fused-ring (bicyclic) bond motifs is 2. The molecule has 2 fully saturated rings. The van der Waals surface area contributed by atoms with E-state index in [2.05, 4.69) is 119 Å². The number of nitrogens with zero attached hydrogens (tertiary/aromatic N) is 2. The van der Waals surface area contributed by atoms with Gasteiger partial charge >= 0.3 is 14.2 Å². The van der Waals surface area contributed by atoms with E-state index in [-0.39, 0.29) is 11.8 Å². The summed E-state index contributed by atoms with van der Waals surface area (Å²) in [5.41, 5.74) is 4.18. The van der Waals surface area contributed by atoms with Gasteiger partial charge in [-0.3, -0.25) is 9.59 Å². The second-order valence-corrected chi connectivity index (χ2v) is 30.9. The van der Waals surface area contributed by atoms with Crippen LogP contribution < -0.4 is 20.7 Å². The first kappa shape index (κ1) is 76.1. The first-order chi connectivity index (χ1) is 43.4. The number of rotatable bonds is 50. The lowest BCUT2D eigenvalue weighted by atomic mass is 9.77. The maximum absolute atomic E-state index is 15.8. The monoisotopic (exact) mass is 1240 g/mol. The topological polar surface area (TPSA) is 77.5 Å². The van der Waals surface area contributed by atoms with Crippen LogP contribution in [0.3, 0.4) is 0 Å². The van der Waals surface area contributed by atoms with Gasteiger partial charge in [-0.05, 0) is 116 Å². The van der Waals surface area contributed by atoms with E-state index in [0.717, 1.165) is 59.1 Å². The number of unbranched alkanes of at least 4 members (excludes halogenated alkanes) is 32. The fourth-order valence-corrected chi connectivity index (χ4v) is 14.8. The Bertz CT molecular complexity index is 2220. The Kier molecular flexibility index (Phi) is 33.7. The summed E-state index contributed by atoms with van der Waals surface area (Å²) in [6.07, 6.45) is 57.6. The van der Waals surface area contributed by atoms with E-state index in [1.807, 2.05) is 9.80 Å². The molecule has 0 spiro atoms. The second kappa shape index (κ2) is 39.8. The average molecular weight is 1240 g/mol. The predicted molar refractivity (Wildman–Crippen MR) is 389 cm³/mol. The fourth-order valence-electron chi connectivity index (χ4n) is 14.8. The number of hydrogen-bond donors (Lipinski definition) is 0. The summed E-state index contributed by atoms with van der Waals surface area (Å²) in [6.45, 7) is 27.2. The lowest BCUT2D eigenvalue weighted by Gasteiger charge is -2.32. The molecule has 0 aromatic heterocycles. The number of amides is 2. The molecule has 0 N–H and O–H groups in total. The molecule has 0 bridgehead atoms. The maximum atomic E-state index is 15.8. The van der Waals surface area contributed by atoms with Crippen molar-refractivity contribution >= 4 is 59.5 Å². The third kappa shape index (κ3) is 23.2. The van der Waals surface area contributed by atoms with Gasteiger partial charge in [-0.15, -0.1) is 0 Å². The van der Waals surface area contributed by atoms with Crippen molar-refractivity contribution in [1.29, 1.82) is 0 Å². The Morgan fingerprint density at radius 3 is 0.789 bits per heavy atom. The quantitative estimate of drug-likeness (QED) is 0.0373. The zero-order valence-electron chi connectivity index (χ0n) is 60.6. The smallest absolute Gasteiger partial charge is 0.399 e. The van der Waals surface area contributed by atoms with Gasteiger partial charge in [0, 0.05) is 24.2 Å². The van der Waals surface area contributed by atoms with Crippen molar-refractivity contribution in [3.8, 4) is 0 Å². The average Bonchev–Trinajstić information content (AvgIpc) is 1.58. The van der Waals surface area contributed by atoms with Crippen LogP contribution in [0.25, 0.3) is 11.1 Å². The standard InChI is InChI=1S/C80H136B2N2O6/c1-13-17-21-25-29-33-35-39-43-47-53-65(51-45-41-37-31-27-23-19-15-3)55-49-61-83-71-63-67(81-87-77(5,6)78(7,8)88-81)57-59-69(71)73(75(83)85)74-70-60-58-68(82-89-79(9,10)80(11,12)90-82)64-72(70)84(76(74)86)62-50-56-66(52-46-42-38-32-28-24-20-16-4)54-48-44-40-36-34-30-26-22-18-14-2/h57-60,63-66H,13-56,61-62H2,1-12H3/b74-73+. The van der Waals surface area contributed by atoms with E-state index in [1.165, 1.54) is 257 Å². The Morgan fingerprint density at radius 1 is 0.322 bits per heavy atom. The molecule has 8 nitrogen and oxygen atoms in total. The molecule has 4 heterocycles. The maximum Gasteiger partial charge on any atom is 0.494 e. The van der Waals surface area contributed by atoms with Crippen molar-refractivity contribution in [2.45, 2.75) is 388 Å². The van der Waals surface area contributed by atoms with Gasteiger partial charge < -0.3 is 28.4 Å². The minimum absolute atomic E-state index is 0.0708. The summed E-state index contributed by atoms with van der Waals surface area (Å²) in [4.78, 5) is 35.7. The van der Waals surface area contributed by atoms with Crippen LogP contribution in [0.2, 0.25) is 0 Å². The number of carbonyl (C=O) groups excluding carboxylic acids is 2. The summed E-state index contributed by atoms with van der Waals surface area (Å²) < 4.78 is 26.7. The van der Waals surface area contributed by atoms with Crippen molar-refractivity contribution in [3.63, 3.8) is 0 Å². The van der Waals surface area contributed by atoms with Gasteiger partial charge in [-0.1, -0.05) is 309 Å². The van der Waals surface area contributed by atoms with E-state index in [0.29, 0.717) is 36.1 Å². The normalized spacial score (nSPS) is 18.8. The highest BCUT2D eigenvalue weighted by Crippen LogP contribution is 2.48. The van der Waals surface area contributed by atoms with Crippen LogP contribution in [0.5, 0.6) is 0 Å². The van der Waals surface area contributed by atoms with Crippen molar-refractivity contribution < 1.29 is 28.2 Å². The van der Waals surface area contributed by atoms with Crippen molar-refractivity contribution in [1.82, 2.24) is 0 Å². The summed E-state index contributed by atoms with van der Waals surface area (Å²) >= 11 is 0. The van der Waals surface area contributed by atoms with Crippen molar-refractivity contribution in [2.75, 3.05) is 22.9 Å². The minimum atomic E-state index is -0.576. The first-order valence-corrected chi connectivity index (χ1v) is 38.8. The molecule has 0 radical (unpaired) electrons. The molecule has 508 valence electrons. The summed E-state index contributed by atoms with van der Waals surface area (Å²) in [5, 5.41) is 0. The van der Waals surface area contributed by atoms with Crippen LogP contribution in [0.4, 0.5) is 11.4 Å². The molecule has 2 aromatic rings. The molecular formula is C80H136B2N2O6. The van der Waals surface area contributed by atoms with Gasteiger partial charge in [-0.2, -0.15) is 0 Å². The van der Waals surface area contributed by atoms with Crippen LogP contribution in [0, 0.1) is 11.8 Å². The highest BCUT2D eigenvalue weighted by atomic mass is 16.7. The lowest BCUT2D eigenvalue weighted by molar-refractivity contribution is -0.114. The van der Waals surface area contributed by atoms with Gasteiger partial charge in [0.15, 0.2) is 0 Å². The number of anilines is 2. The van der Waals surface area contributed by atoms with E-state index in [9.17, 15) is 0 Å². The molecule has 0 saturated carbocycles. The largest absolute Gasteiger partial charge is 0.494 e. The van der Waals surface area contributed by atoms with Gasteiger partial charge in [0.2, 0.25) is 0 Å². The van der Waals surface area contributed by atoms with Crippen LogP contribution in [-0.2, 0) is 28.2 Å². The number of carbonyl (C=O) groups is 2. The Labute approximate surface area is 555 Å². The number of benzene rings is 2. The van der Waals surface area contributed by atoms with Crippen molar-refractivity contribution in [2.24, 2.45) is 11.8 Å². The highest BCUT2D eigenvalue weighted by Gasteiger charge is 2.54. The molecule has 2 aromatic carbocycles. The van der Waals surface area contributed by atoms with E-state index < -0.39 is 36.6 Å². The Hall–Kier alpha value is -2.91. The lowest BCUT2D eigenvalue weighted by Crippen LogP contribution is -2.41. The molecule has 2 amide bonds. The molecular weight excluding hydrogens is 1110 g/mol. The van der Waals surface area contributed by atoms with E-state index in [4.69, 9.17) is 18.6 Å². The van der Waals surface area contributed by atoms with Gasteiger partial charge in [0.1, 0.15) is 0 Å². The molecule has 4 aliphatic rings. The molecule has 4 aliphatic heterocycles. The fraction of sp³-hybridized carbons (Fsp3) is 0.800. The second-order valence-electron chi connectivity index (χ2n) is 30.9. The molecule has 6 rings (SSSR count). The third-order valence-corrected chi connectivity index (χ3v) is 22.2. The van der Waals surface area contributed by atoms with Gasteiger partial charge in [-0.25, -0.2) is 0 Å². The minimum Gasteiger partial charge on any atom is -0.399 e. The molecule has 10 heteroatoms. The SMILES string of the molecule is CCCCCCCCCCCCC(CCCCCCCCCC)CCCN1C(=O)/C(=C2/C(=O)N(CCCC(CCCCCCCCCC)CCCCCCCCCCCC)c3cc(B4OC(C)(C)C(C)(C)O4)ccc32)c2ccc(B3OC(C)(C)C(C)(C)O3)cc21. The zero-order valence-corrected chi connectivity index (χ0v) is 60.6. The van der Waals surface area contributed by atoms with Gasteiger partial charge in [0.05, 0.1) is 44.9 Å². The van der Waals surface area contributed by atoms with Crippen LogP contribution in [0.1, 0.15) is 377 Å². The number of hydrogen-bond acceptors (Lipinski definition) is 6. The van der Waals surface area contributed by atoms with Crippen LogP contribution >= 0.6 is 0 Å².